The molecule has 0 aromatic heterocycles. The molecule has 2 aliphatic heterocycles. The SMILES string of the molecule is C[C@@H](C(=O)Nc1ccccc1[N+](=O)[O-])[NH+]1CCC[C@@H]1c1ccc2c(c1)OCCCO2. The van der Waals surface area contributed by atoms with Crippen LogP contribution in [0.15, 0.2) is 42.5 Å². The van der Waals surface area contributed by atoms with Gasteiger partial charge in [0.2, 0.25) is 0 Å². The molecule has 1 amide bonds. The highest BCUT2D eigenvalue weighted by Gasteiger charge is 2.38. The van der Waals surface area contributed by atoms with Gasteiger partial charge in [0.05, 0.1) is 24.7 Å². The Balaban J connectivity index is 1.51. The number of nitro benzene ring substituents is 1. The first kappa shape index (κ1) is 20.2. The second-order valence-corrected chi connectivity index (χ2v) is 7.76. The maximum absolute atomic E-state index is 12.9. The Labute approximate surface area is 174 Å². The largest absolute Gasteiger partial charge is 0.490 e. The maximum Gasteiger partial charge on any atom is 0.292 e. The molecule has 2 aliphatic rings. The van der Waals surface area contributed by atoms with Crippen molar-refractivity contribution in [3.8, 4) is 11.5 Å². The topological polar surface area (TPSA) is 95.1 Å². The summed E-state index contributed by atoms with van der Waals surface area (Å²) in [4.78, 5) is 24.8. The third-order valence-electron chi connectivity index (χ3n) is 5.89. The van der Waals surface area contributed by atoms with E-state index in [1.165, 1.54) is 6.07 Å². The van der Waals surface area contributed by atoms with Crippen molar-refractivity contribution < 1.29 is 24.1 Å². The normalized spacial score (nSPS) is 21.5. The van der Waals surface area contributed by atoms with Crippen LogP contribution >= 0.6 is 0 Å². The fourth-order valence-electron chi connectivity index (χ4n) is 4.31. The van der Waals surface area contributed by atoms with E-state index in [0.717, 1.165) is 47.8 Å². The van der Waals surface area contributed by atoms with E-state index < -0.39 is 4.92 Å². The molecular formula is C22H26N3O5+. The predicted octanol–water partition coefficient (Wildman–Crippen LogP) is 2.50. The van der Waals surface area contributed by atoms with Crippen molar-refractivity contribution in [2.24, 2.45) is 0 Å². The van der Waals surface area contributed by atoms with Crippen molar-refractivity contribution in [2.45, 2.75) is 38.3 Å². The van der Waals surface area contributed by atoms with Crippen LogP contribution in [0.2, 0.25) is 0 Å². The molecule has 158 valence electrons. The standard InChI is InChI=1S/C22H25N3O5/c1-15(22(26)23-17-6-2-3-7-19(17)25(27)28)24-11-4-8-18(24)16-9-10-20-21(14-16)30-13-5-12-29-20/h2-3,6-7,9-10,14-15,18H,4-5,8,11-13H2,1H3,(H,23,26)/p+1/t15-,18+/m0/s1. The zero-order chi connectivity index (χ0) is 21.1. The van der Waals surface area contributed by atoms with Crippen LogP contribution in [0, 0.1) is 10.1 Å². The van der Waals surface area contributed by atoms with Crippen molar-refractivity contribution in [3.05, 3.63) is 58.1 Å². The number of nitrogens with one attached hydrogen (secondary N) is 2. The number of ether oxygens (including phenoxy) is 2. The van der Waals surface area contributed by atoms with Gasteiger partial charge in [0.1, 0.15) is 11.7 Å². The number of hydrogen-bond acceptors (Lipinski definition) is 5. The molecule has 8 heteroatoms. The number of rotatable bonds is 5. The molecule has 0 radical (unpaired) electrons. The summed E-state index contributed by atoms with van der Waals surface area (Å²) in [6.45, 7) is 4.02. The zero-order valence-electron chi connectivity index (χ0n) is 16.9. The fraction of sp³-hybridized carbons (Fsp3) is 0.409. The van der Waals surface area contributed by atoms with Crippen molar-refractivity contribution in [1.82, 2.24) is 0 Å². The Bertz CT molecular complexity index is 948. The first-order chi connectivity index (χ1) is 14.5. The van der Waals surface area contributed by atoms with E-state index in [9.17, 15) is 14.9 Å². The summed E-state index contributed by atoms with van der Waals surface area (Å²) >= 11 is 0. The van der Waals surface area contributed by atoms with Gasteiger partial charge in [0.25, 0.3) is 11.6 Å². The van der Waals surface area contributed by atoms with Gasteiger partial charge < -0.3 is 19.7 Å². The quantitative estimate of drug-likeness (QED) is 0.581. The molecule has 2 heterocycles. The monoisotopic (exact) mass is 412 g/mol. The molecule has 1 unspecified atom stereocenters. The average Bonchev–Trinajstić information content (AvgIpc) is 3.11. The Hall–Kier alpha value is -3.13. The Kier molecular flexibility index (Phi) is 5.85. The van der Waals surface area contributed by atoms with Crippen LogP contribution in [0.3, 0.4) is 0 Å². The van der Waals surface area contributed by atoms with Gasteiger partial charge in [0.15, 0.2) is 17.5 Å². The molecule has 0 spiro atoms. The lowest BCUT2D eigenvalue weighted by atomic mass is 10.0. The number of benzene rings is 2. The first-order valence-corrected chi connectivity index (χ1v) is 10.3. The molecule has 2 aromatic carbocycles. The minimum atomic E-state index is -0.483. The smallest absolute Gasteiger partial charge is 0.292 e. The number of carbonyl (C=O) groups excluding carboxylic acids is 1. The van der Waals surface area contributed by atoms with Crippen LogP contribution in [-0.2, 0) is 4.79 Å². The number of fused-ring (bicyclic) bond motifs is 1. The van der Waals surface area contributed by atoms with Crippen LogP contribution in [-0.4, -0.2) is 36.6 Å². The van der Waals surface area contributed by atoms with Crippen molar-refractivity contribution in [2.75, 3.05) is 25.1 Å². The highest BCUT2D eigenvalue weighted by Crippen LogP contribution is 2.33. The Morgan fingerprint density at radius 1 is 1.17 bits per heavy atom. The van der Waals surface area contributed by atoms with Gasteiger partial charge in [-0.15, -0.1) is 0 Å². The summed E-state index contributed by atoms with van der Waals surface area (Å²) in [5.41, 5.74) is 1.25. The van der Waals surface area contributed by atoms with Crippen molar-refractivity contribution >= 4 is 17.3 Å². The molecule has 1 saturated heterocycles. The van der Waals surface area contributed by atoms with Crippen LogP contribution in [0.5, 0.6) is 11.5 Å². The van der Waals surface area contributed by atoms with E-state index in [2.05, 4.69) is 11.4 Å². The number of amides is 1. The van der Waals surface area contributed by atoms with Crippen LogP contribution < -0.4 is 19.7 Å². The van der Waals surface area contributed by atoms with Crippen molar-refractivity contribution in [3.63, 3.8) is 0 Å². The molecule has 30 heavy (non-hydrogen) atoms. The van der Waals surface area contributed by atoms with Gasteiger partial charge >= 0.3 is 0 Å². The summed E-state index contributed by atoms with van der Waals surface area (Å²) in [6, 6.07) is 12.1. The van der Waals surface area contributed by atoms with Crippen LogP contribution in [0.1, 0.15) is 37.8 Å². The number of nitro groups is 1. The summed E-state index contributed by atoms with van der Waals surface area (Å²) in [7, 11) is 0. The number of hydrogen-bond donors (Lipinski definition) is 2. The third kappa shape index (κ3) is 4.09. The summed E-state index contributed by atoms with van der Waals surface area (Å²) in [6.07, 6.45) is 2.84. The minimum absolute atomic E-state index is 0.103. The second kappa shape index (κ2) is 8.71. The van der Waals surface area contributed by atoms with Crippen LogP contribution in [0.4, 0.5) is 11.4 Å². The average molecular weight is 412 g/mol. The molecular weight excluding hydrogens is 386 g/mol. The number of quaternary nitrogens is 1. The predicted molar refractivity (Wildman–Crippen MR) is 111 cm³/mol. The molecule has 0 saturated carbocycles. The van der Waals surface area contributed by atoms with E-state index in [4.69, 9.17) is 9.47 Å². The molecule has 4 rings (SSSR count). The highest BCUT2D eigenvalue weighted by atomic mass is 16.6. The van der Waals surface area contributed by atoms with Gasteiger partial charge in [-0.3, -0.25) is 14.9 Å². The van der Waals surface area contributed by atoms with Gasteiger partial charge in [-0.2, -0.15) is 0 Å². The van der Waals surface area contributed by atoms with E-state index in [-0.39, 0.29) is 29.4 Å². The lowest BCUT2D eigenvalue weighted by Gasteiger charge is -2.27. The molecule has 1 fully saturated rings. The molecule has 2 N–H and O–H groups in total. The molecule has 0 bridgehead atoms. The van der Waals surface area contributed by atoms with Gasteiger partial charge in [0, 0.05) is 30.9 Å². The van der Waals surface area contributed by atoms with E-state index in [0.29, 0.717) is 13.2 Å². The summed E-state index contributed by atoms with van der Waals surface area (Å²) in [5.74, 6) is 1.30. The minimum Gasteiger partial charge on any atom is -0.490 e. The van der Waals surface area contributed by atoms with Crippen molar-refractivity contribution in [1.29, 1.82) is 0 Å². The lowest BCUT2D eigenvalue weighted by molar-refractivity contribution is -0.932. The van der Waals surface area contributed by atoms with E-state index in [1.807, 2.05) is 19.1 Å². The number of para-hydroxylation sites is 2. The summed E-state index contributed by atoms with van der Waals surface area (Å²) in [5, 5.41) is 14.0. The van der Waals surface area contributed by atoms with Gasteiger partial charge in [-0.25, -0.2) is 0 Å². The molecule has 8 nitrogen and oxygen atoms in total. The molecule has 0 aliphatic carbocycles. The lowest BCUT2D eigenvalue weighted by Crippen LogP contribution is -3.15. The number of carbonyl (C=O) groups is 1. The number of likely N-dealkylation sites (tertiary alicyclic amines) is 1. The van der Waals surface area contributed by atoms with Gasteiger partial charge in [-0.1, -0.05) is 12.1 Å². The zero-order valence-corrected chi connectivity index (χ0v) is 16.9. The van der Waals surface area contributed by atoms with E-state index in [1.54, 1.807) is 18.2 Å². The number of anilines is 1. The first-order valence-electron chi connectivity index (χ1n) is 10.3. The van der Waals surface area contributed by atoms with E-state index >= 15 is 0 Å². The van der Waals surface area contributed by atoms with Gasteiger partial charge in [-0.05, 0) is 31.2 Å². The molecule has 2 aromatic rings. The summed E-state index contributed by atoms with van der Waals surface area (Å²) < 4.78 is 11.6. The number of nitrogens with zero attached hydrogens (tertiary/aromatic N) is 1. The fourth-order valence-corrected chi connectivity index (χ4v) is 4.31. The Morgan fingerprint density at radius 2 is 1.93 bits per heavy atom. The maximum atomic E-state index is 12.9. The molecule has 3 atom stereocenters. The Morgan fingerprint density at radius 3 is 2.73 bits per heavy atom. The second-order valence-electron chi connectivity index (χ2n) is 7.76. The van der Waals surface area contributed by atoms with Crippen LogP contribution in [0.25, 0.3) is 0 Å². The third-order valence-corrected chi connectivity index (χ3v) is 5.89. The highest BCUT2D eigenvalue weighted by molar-refractivity contribution is 5.95.